The third kappa shape index (κ3) is 3.13. The van der Waals surface area contributed by atoms with Crippen molar-refractivity contribution in [3.05, 3.63) is 28.8 Å². The summed E-state index contributed by atoms with van der Waals surface area (Å²) in [7, 11) is 1.54. The first-order valence-corrected chi connectivity index (χ1v) is 4.97. The molecule has 0 aromatic heterocycles. The standard InChI is InChI=1S/C11H13ClO3/c1-7(5-11(13)14)9-4-3-8(12)6-10(9)15-2/h3-4,6-7H,5H2,1-2H3,(H,13,14). The molecule has 4 heteroatoms. The Balaban J connectivity index is 2.97. The zero-order chi connectivity index (χ0) is 11.4. The first-order valence-electron chi connectivity index (χ1n) is 4.59. The van der Waals surface area contributed by atoms with E-state index < -0.39 is 5.97 Å². The number of hydrogen-bond donors (Lipinski definition) is 1. The van der Waals surface area contributed by atoms with Crippen LogP contribution < -0.4 is 4.74 Å². The van der Waals surface area contributed by atoms with Crippen molar-refractivity contribution in [2.24, 2.45) is 0 Å². The van der Waals surface area contributed by atoms with E-state index >= 15 is 0 Å². The quantitative estimate of drug-likeness (QED) is 0.862. The van der Waals surface area contributed by atoms with Gasteiger partial charge >= 0.3 is 5.97 Å². The molecule has 0 heterocycles. The van der Waals surface area contributed by atoms with Gasteiger partial charge in [0.15, 0.2) is 0 Å². The number of benzene rings is 1. The van der Waals surface area contributed by atoms with E-state index in [4.69, 9.17) is 21.4 Å². The number of aliphatic carboxylic acids is 1. The summed E-state index contributed by atoms with van der Waals surface area (Å²) in [5.74, 6) is -0.273. The molecule has 0 saturated carbocycles. The average molecular weight is 229 g/mol. The Kier molecular flexibility index (Phi) is 3.97. The van der Waals surface area contributed by atoms with Crippen LogP contribution in [-0.2, 0) is 4.79 Å². The predicted molar refractivity (Wildman–Crippen MR) is 58.7 cm³/mol. The minimum absolute atomic E-state index is 0.0813. The van der Waals surface area contributed by atoms with Crippen LogP contribution in [0.4, 0.5) is 0 Å². The highest BCUT2D eigenvalue weighted by Gasteiger charge is 2.14. The molecule has 3 nitrogen and oxygen atoms in total. The van der Waals surface area contributed by atoms with E-state index in [0.29, 0.717) is 10.8 Å². The Hall–Kier alpha value is -1.22. The van der Waals surface area contributed by atoms with Crippen molar-refractivity contribution in [3.8, 4) is 5.75 Å². The van der Waals surface area contributed by atoms with Crippen LogP contribution in [0.25, 0.3) is 0 Å². The fourth-order valence-electron chi connectivity index (χ4n) is 1.46. The summed E-state index contributed by atoms with van der Waals surface area (Å²) in [5.41, 5.74) is 0.865. The van der Waals surface area contributed by atoms with Crippen molar-refractivity contribution in [3.63, 3.8) is 0 Å². The molecule has 0 saturated heterocycles. The number of hydrogen-bond acceptors (Lipinski definition) is 2. The van der Waals surface area contributed by atoms with Crippen molar-refractivity contribution in [2.45, 2.75) is 19.3 Å². The maximum absolute atomic E-state index is 10.6. The predicted octanol–water partition coefficient (Wildman–Crippen LogP) is 2.93. The Morgan fingerprint density at radius 2 is 2.27 bits per heavy atom. The number of carbonyl (C=O) groups is 1. The van der Waals surface area contributed by atoms with Gasteiger partial charge in [0.2, 0.25) is 0 Å². The van der Waals surface area contributed by atoms with Crippen molar-refractivity contribution in [1.82, 2.24) is 0 Å². The van der Waals surface area contributed by atoms with Gasteiger partial charge in [0.25, 0.3) is 0 Å². The van der Waals surface area contributed by atoms with Crippen molar-refractivity contribution >= 4 is 17.6 Å². The molecule has 1 N–H and O–H groups in total. The molecular weight excluding hydrogens is 216 g/mol. The van der Waals surface area contributed by atoms with Gasteiger partial charge in [-0.25, -0.2) is 0 Å². The highest BCUT2D eigenvalue weighted by Crippen LogP contribution is 2.31. The monoisotopic (exact) mass is 228 g/mol. The van der Waals surface area contributed by atoms with Gasteiger partial charge in [-0.3, -0.25) is 4.79 Å². The highest BCUT2D eigenvalue weighted by molar-refractivity contribution is 6.30. The van der Waals surface area contributed by atoms with Crippen molar-refractivity contribution in [2.75, 3.05) is 7.11 Å². The normalized spacial score (nSPS) is 12.2. The molecule has 0 aliphatic carbocycles. The summed E-state index contributed by atoms with van der Waals surface area (Å²) in [5, 5.41) is 9.28. The molecule has 1 aromatic rings. The zero-order valence-electron chi connectivity index (χ0n) is 8.66. The van der Waals surface area contributed by atoms with Gasteiger partial charge in [0, 0.05) is 5.02 Å². The molecule has 0 spiro atoms. The molecule has 82 valence electrons. The molecule has 0 aliphatic heterocycles. The van der Waals surface area contributed by atoms with E-state index in [1.807, 2.05) is 6.92 Å². The van der Waals surface area contributed by atoms with Crippen LogP contribution in [0.3, 0.4) is 0 Å². The first-order chi connectivity index (χ1) is 7.04. The molecule has 1 unspecified atom stereocenters. The molecule has 0 bridgehead atoms. The van der Waals surface area contributed by atoms with E-state index in [-0.39, 0.29) is 12.3 Å². The molecule has 0 aliphatic rings. The summed E-state index contributed by atoms with van der Waals surface area (Å²) < 4.78 is 5.15. The third-order valence-corrected chi connectivity index (χ3v) is 2.44. The Morgan fingerprint density at radius 1 is 1.60 bits per heavy atom. The van der Waals surface area contributed by atoms with Gasteiger partial charge in [0.1, 0.15) is 5.75 Å². The number of carboxylic acid groups (broad SMARTS) is 1. The first kappa shape index (κ1) is 11.9. The number of halogens is 1. The van der Waals surface area contributed by atoms with E-state index in [9.17, 15) is 4.79 Å². The molecule has 1 rings (SSSR count). The van der Waals surface area contributed by atoms with Crippen molar-refractivity contribution in [1.29, 1.82) is 0 Å². The van der Waals surface area contributed by atoms with Crippen molar-refractivity contribution < 1.29 is 14.6 Å². The lowest BCUT2D eigenvalue weighted by atomic mass is 9.97. The van der Waals surface area contributed by atoms with Gasteiger partial charge in [-0.2, -0.15) is 0 Å². The second kappa shape index (κ2) is 5.03. The second-order valence-electron chi connectivity index (χ2n) is 3.39. The fourth-order valence-corrected chi connectivity index (χ4v) is 1.63. The Morgan fingerprint density at radius 3 is 2.80 bits per heavy atom. The largest absolute Gasteiger partial charge is 0.496 e. The molecule has 0 fully saturated rings. The molecule has 0 amide bonds. The molecule has 1 atom stereocenters. The fraction of sp³-hybridized carbons (Fsp3) is 0.364. The Bertz CT molecular complexity index is 363. The maximum atomic E-state index is 10.6. The van der Waals surface area contributed by atoms with Gasteiger partial charge < -0.3 is 9.84 Å². The van der Waals surface area contributed by atoms with Gasteiger partial charge in [0.05, 0.1) is 13.5 Å². The SMILES string of the molecule is COc1cc(Cl)ccc1C(C)CC(=O)O. The number of carboxylic acids is 1. The third-order valence-electron chi connectivity index (χ3n) is 2.21. The summed E-state index contributed by atoms with van der Waals surface area (Å²) in [4.78, 5) is 10.6. The van der Waals surface area contributed by atoms with Crippen LogP contribution in [0.2, 0.25) is 5.02 Å². The molecule has 15 heavy (non-hydrogen) atoms. The van der Waals surface area contributed by atoms with Crippen LogP contribution in [0, 0.1) is 0 Å². The van der Waals surface area contributed by atoms with Gasteiger partial charge in [-0.1, -0.05) is 24.6 Å². The number of ether oxygens (including phenoxy) is 1. The average Bonchev–Trinajstić information content (AvgIpc) is 2.16. The lowest BCUT2D eigenvalue weighted by Crippen LogP contribution is -2.04. The van der Waals surface area contributed by atoms with Crippen LogP contribution >= 0.6 is 11.6 Å². The summed E-state index contributed by atoms with van der Waals surface area (Å²) in [6, 6.07) is 5.22. The number of methoxy groups -OCH3 is 1. The summed E-state index contributed by atoms with van der Waals surface area (Å²) in [6.07, 6.45) is 0.0813. The second-order valence-corrected chi connectivity index (χ2v) is 3.82. The van der Waals surface area contributed by atoms with E-state index in [0.717, 1.165) is 5.56 Å². The van der Waals surface area contributed by atoms with E-state index in [2.05, 4.69) is 0 Å². The minimum Gasteiger partial charge on any atom is -0.496 e. The summed E-state index contributed by atoms with van der Waals surface area (Å²) in [6.45, 7) is 1.85. The van der Waals surface area contributed by atoms with Crippen LogP contribution in [0.5, 0.6) is 5.75 Å². The van der Waals surface area contributed by atoms with E-state index in [1.54, 1.807) is 25.3 Å². The van der Waals surface area contributed by atoms with Crippen LogP contribution in [0.1, 0.15) is 24.8 Å². The zero-order valence-corrected chi connectivity index (χ0v) is 9.41. The topological polar surface area (TPSA) is 46.5 Å². The smallest absolute Gasteiger partial charge is 0.303 e. The number of rotatable bonds is 4. The maximum Gasteiger partial charge on any atom is 0.303 e. The summed E-state index contributed by atoms with van der Waals surface area (Å²) >= 11 is 5.81. The van der Waals surface area contributed by atoms with Gasteiger partial charge in [-0.15, -0.1) is 0 Å². The minimum atomic E-state index is -0.820. The molecule has 0 radical (unpaired) electrons. The molecule has 1 aromatic carbocycles. The Labute approximate surface area is 93.6 Å². The van der Waals surface area contributed by atoms with Crippen LogP contribution in [0.15, 0.2) is 18.2 Å². The van der Waals surface area contributed by atoms with Gasteiger partial charge in [-0.05, 0) is 23.6 Å². The van der Waals surface area contributed by atoms with Crippen LogP contribution in [-0.4, -0.2) is 18.2 Å². The van der Waals surface area contributed by atoms with E-state index in [1.165, 1.54) is 0 Å². The molecular formula is C11H13ClO3. The lowest BCUT2D eigenvalue weighted by molar-refractivity contribution is -0.137. The lowest BCUT2D eigenvalue weighted by Gasteiger charge is -2.13. The highest BCUT2D eigenvalue weighted by atomic mass is 35.5.